The van der Waals surface area contributed by atoms with Crippen molar-refractivity contribution in [1.29, 1.82) is 0 Å². The van der Waals surface area contributed by atoms with Crippen molar-refractivity contribution >= 4 is 34.8 Å². The van der Waals surface area contributed by atoms with Crippen molar-refractivity contribution in [2.45, 2.75) is 6.54 Å². The van der Waals surface area contributed by atoms with Gasteiger partial charge in [0.05, 0.1) is 36.9 Å². The molecule has 1 amide bonds. The molecule has 2 aromatic carbocycles. The summed E-state index contributed by atoms with van der Waals surface area (Å²) >= 11 is 12.1. The number of hydrogen-bond donors (Lipinski definition) is 2. The number of carbonyl (C=O) groups is 1. The van der Waals surface area contributed by atoms with Crippen LogP contribution in [0.3, 0.4) is 0 Å². The number of halogens is 2. The second-order valence-corrected chi connectivity index (χ2v) is 7.11. The molecule has 1 aliphatic heterocycles. The van der Waals surface area contributed by atoms with E-state index < -0.39 is 0 Å². The highest BCUT2D eigenvalue weighted by atomic mass is 35.5. The predicted molar refractivity (Wildman–Crippen MR) is 103 cm³/mol. The minimum atomic E-state index is 0.0798. The number of benzene rings is 2. The van der Waals surface area contributed by atoms with E-state index in [1.54, 1.807) is 0 Å². The van der Waals surface area contributed by atoms with E-state index in [0.717, 1.165) is 42.5 Å². The van der Waals surface area contributed by atoms with Gasteiger partial charge in [-0.3, -0.25) is 4.79 Å². The Kier molecular flexibility index (Phi) is 6.19. The fourth-order valence-electron chi connectivity index (χ4n) is 3.04. The van der Waals surface area contributed by atoms with Gasteiger partial charge in [-0.15, -0.1) is 0 Å². The van der Waals surface area contributed by atoms with Gasteiger partial charge in [-0.1, -0.05) is 47.5 Å². The van der Waals surface area contributed by atoms with Crippen LogP contribution in [-0.4, -0.2) is 38.6 Å². The summed E-state index contributed by atoms with van der Waals surface area (Å²) in [6.07, 6.45) is 0. The van der Waals surface area contributed by atoms with Crippen molar-refractivity contribution in [3.05, 3.63) is 64.1 Å². The summed E-state index contributed by atoms with van der Waals surface area (Å²) < 4.78 is 0. The lowest BCUT2D eigenvalue weighted by Crippen LogP contribution is -3.15. The maximum absolute atomic E-state index is 12.2. The van der Waals surface area contributed by atoms with E-state index in [-0.39, 0.29) is 5.91 Å². The molecule has 1 fully saturated rings. The molecule has 25 heavy (non-hydrogen) atoms. The molecule has 0 spiro atoms. The molecule has 1 heterocycles. The van der Waals surface area contributed by atoms with E-state index in [1.165, 1.54) is 4.90 Å². The number of quaternary nitrogens is 1. The first-order valence-corrected chi connectivity index (χ1v) is 9.21. The van der Waals surface area contributed by atoms with Crippen molar-refractivity contribution in [2.75, 3.05) is 37.6 Å². The number of nitrogens with one attached hydrogen (secondary N) is 2. The minimum Gasteiger partial charge on any atom is -0.359 e. The molecule has 0 aliphatic carbocycles. The SMILES string of the molecule is O=C(C[NH+]1CCN(c2ccccc2Cl)CC1)NCc1ccc(Cl)cc1. The molecule has 3 rings (SSSR count). The van der Waals surface area contributed by atoms with Crippen LogP contribution in [0, 0.1) is 0 Å². The number of hydrogen-bond acceptors (Lipinski definition) is 2. The Labute approximate surface area is 158 Å². The summed E-state index contributed by atoms with van der Waals surface area (Å²) in [5.41, 5.74) is 2.13. The Bertz CT molecular complexity index is 713. The Morgan fingerprint density at radius 2 is 1.72 bits per heavy atom. The van der Waals surface area contributed by atoms with Gasteiger partial charge in [0.1, 0.15) is 0 Å². The highest BCUT2D eigenvalue weighted by Gasteiger charge is 2.23. The summed E-state index contributed by atoms with van der Waals surface area (Å²) in [7, 11) is 0. The van der Waals surface area contributed by atoms with Crippen LogP contribution in [0.5, 0.6) is 0 Å². The van der Waals surface area contributed by atoms with Gasteiger partial charge in [-0.25, -0.2) is 0 Å². The van der Waals surface area contributed by atoms with Crippen molar-refractivity contribution in [3.63, 3.8) is 0 Å². The van der Waals surface area contributed by atoms with Crippen LogP contribution in [0.4, 0.5) is 5.69 Å². The fraction of sp³-hybridized carbons (Fsp3) is 0.316. The monoisotopic (exact) mass is 378 g/mol. The van der Waals surface area contributed by atoms with Crippen molar-refractivity contribution in [2.24, 2.45) is 0 Å². The maximum Gasteiger partial charge on any atom is 0.275 e. The molecule has 4 nitrogen and oxygen atoms in total. The van der Waals surface area contributed by atoms with Crippen LogP contribution in [-0.2, 0) is 11.3 Å². The summed E-state index contributed by atoms with van der Waals surface area (Å²) in [6, 6.07) is 15.4. The van der Waals surface area contributed by atoms with Gasteiger partial charge in [0.2, 0.25) is 0 Å². The molecule has 1 aliphatic rings. The number of rotatable bonds is 5. The highest BCUT2D eigenvalue weighted by molar-refractivity contribution is 6.33. The second kappa shape index (κ2) is 8.56. The molecular weight excluding hydrogens is 357 g/mol. The molecule has 6 heteroatoms. The van der Waals surface area contributed by atoms with Gasteiger partial charge >= 0.3 is 0 Å². The first-order valence-electron chi connectivity index (χ1n) is 8.46. The number of piperazine rings is 1. The average molecular weight is 379 g/mol. The normalized spacial score (nSPS) is 15.2. The Hall–Kier alpha value is -1.75. The predicted octanol–water partition coefficient (Wildman–Crippen LogP) is 2.01. The Morgan fingerprint density at radius 1 is 1.04 bits per heavy atom. The Balaban J connectivity index is 1.43. The lowest BCUT2D eigenvalue weighted by molar-refractivity contribution is -0.892. The molecule has 0 radical (unpaired) electrons. The highest BCUT2D eigenvalue weighted by Crippen LogP contribution is 2.24. The van der Waals surface area contributed by atoms with Gasteiger partial charge < -0.3 is 15.1 Å². The van der Waals surface area contributed by atoms with Crippen LogP contribution in [0.25, 0.3) is 0 Å². The number of carbonyl (C=O) groups excluding carboxylic acids is 1. The molecule has 0 atom stereocenters. The van der Waals surface area contributed by atoms with Gasteiger partial charge in [0.25, 0.3) is 5.91 Å². The maximum atomic E-state index is 12.2. The van der Waals surface area contributed by atoms with Gasteiger partial charge in [0, 0.05) is 11.6 Å². The molecule has 0 aromatic heterocycles. The second-order valence-electron chi connectivity index (χ2n) is 6.27. The third-order valence-electron chi connectivity index (χ3n) is 4.48. The largest absolute Gasteiger partial charge is 0.359 e. The Morgan fingerprint density at radius 3 is 2.40 bits per heavy atom. The fourth-order valence-corrected chi connectivity index (χ4v) is 3.42. The van der Waals surface area contributed by atoms with Crippen molar-refractivity contribution < 1.29 is 9.69 Å². The molecule has 1 saturated heterocycles. The first kappa shape index (κ1) is 18.1. The van der Waals surface area contributed by atoms with E-state index in [9.17, 15) is 4.79 Å². The zero-order chi connectivity index (χ0) is 17.6. The van der Waals surface area contributed by atoms with Crippen LogP contribution in [0.15, 0.2) is 48.5 Å². The lowest BCUT2D eigenvalue weighted by atomic mass is 10.2. The molecule has 132 valence electrons. The number of amides is 1. The number of nitrogens with zero attached hydrogens (tertiary/aromatic N) is 1. The van der Waals surface area contributed by atoms with E-state index in [1.807, 2.05) is 48.5 Å². The molecule has 0 bridgehead atoms. The molecule has 2 N–H and O–H groups in total. The van der Waals surface area contributed by atoms with Crippen LogP contribution in [0.2, 0.25) is 10.0 Å². The van der Waals surface area contributed by atoms with Gasteiger partial charge in [-0.2, -0.15) is 0 Å². The van der Waals surface area contributed by atoms with Crippen molar-refractivity contribution in [3.8, 4) is 0 Å². The summed E-state index contributed by atoms with van der Waals surface area (Å²) in [4.78, 5) is 15.8. The van der Waals surface area contributed by atoms with Crippen LogP contribution >= 0.6 is 23.2 Å². The van der Waals surface area contributed by atoms with Gasteiger partial charge in [0.15, 0.2) is 6.54 Å². The standard InChI is InChI=1S/C19H21Cl2N3O/c20-16-7-5-15(6-8-16)13-22-19(25)14-23-9-11-24(12-10-23)18-4-2-1-3-17(18)21/h1-8H,9-14H2,(H,22,25)/p+1. The molecule has 0 unspecified atom stereocenters. The third kappa shape index (κ3) is 5.11. The minimum absolute atomic E-state index is 0.0798. The summed E-state index contributed by atoms with van der Waals surface area (Å²) in [5, 5.41) is 4.47. The topological polar surface area (TPSA) is 36.8 Å². The van der Waals surface area contributed by atoms with Crippen LogP contribution in [0.1, 0.15) is 5.56 Å². The van der Waals surface area contributed by atoms with Crippen LogP contribution < -0.4 is 15.1 Å². The van der Waals surface area contributed by atoms with E-state index in [4.69, 9.17) is 23.2 Å². The zero-order valence-corrected chi connectivity index (χ0v) is 15.5. The third-order valence-corrected chi connectivity index (χ3v) is 5.05. The van der Waals surface area contributed by atoms with E-state index >= 15 is 0 Å². The number of anilines is 1. The van der Waals surface area contributed by atoms with E-state index in [0.29, 0.717) is 18.1 Å². The molecule has 0 saturated carbocycles. The molecular formula is C19H22Cl2N3O+. The van der Waals surface area contributed by atoms with Gasteiger partial charge in [-0.05, 0) is 29.8 Å². The van der Waals surface area contributed by atoms with Crippen molar-refractivity contribution in [1.82, 2.24) is 5.32 Å². The first-order chi connectivity index (χ1) is 12.1. The number of para-hydroxylation sites is 1. The summed E-state index contributed by atoms with van der Waals surface area (Å²) in [5.74, 6) is 0.0798. The average Bonchev–Trinajstić information content (AvgIpc) is 2.62. The van der Waals surface area contributed by atoms with E-state index in [2.05, 4.69) is 10.2 Å². The molecule has 2 aromatic rings. The zero-order valence-electron chi connectivity index (χ0n) is 14.0. The quantitative estimate of drug-likeness (QED) is 0.834. The lowest BCUT2D eigenvalue weighted by Gasteiger charge is -2.33. The smallest absolute Gasteiger partial charge is 0.275 e. The summed E-state index contributed by atoms with van der Waals surface area (Å²) in [6.45, 7) is 4.71.